The molecular formula is C18H18N6O3. The molecule has 9 nitrogen and oxygen atoms in total. The van der Waals surface area contributed by atoms with Crippen LogP contribution in [0, 0.1) is 0 Å². The molecule has 4 heterocycles. The average Bonchev–Trinajstić information content (AvgIpc) is 3.26. The van der Waals surface area contributed by atoms with Gasteiger partial charge in [0.2, 0.25) is 5.88 Å². The Bertz CT molecular complexity index is 975. The minimum atomic E-state index is -1.21. The second kappa shape index (κ2) is 5.78. The Labute approximate surface area is 155 Å². The summed E-state index contributed by atoms with van der Waals surface area (Å²) in [5, 5.41) is 6.47. The van der Waals surface area contributed by atoms with Crippen LogP contribution in [0.2, 0.25) is 0 Å². The van der Waals surface area contributed by atoms with Crippen molar-refractivity contribution in [3.8, 4) is 11.6 Å². The van der Waals surface area contributed by atoms with Gasteiger partial charge in [-0.05, 0) is 31.2 Å². The van der Waals surface area contributed by atoms with Crippen molar-refractivity contribution in [2.24, 2.45) is 4.99 Å². The number of benzene rings is 1. The van der Waals surface area contributed by atoms with Gasteiger partial charge in [0.05, 0.1) is 18.5 Å². The van der Waals surface area contributed by atoms with Crippen LogP contribution in [-0.4, -0.2) is 31.0 Å². The lowest BCUT2D eigenvalue weighted by Gasteiger charge is -2.35. The molecule has 2 bridgehead atoms. The van der Waals surface area contributed by atoms with Gasteiger partial charge in [0.1, 0.15) is 17.4 Å². The standard InChI is InChI=1S/C18H18N6O3/c1-11-9-20-18(22-15-4-3-5-16(21-15)25-2)24(17(11)23-27-18)12-6-7-14-13(8-12)19-10-26-14/h3-9,19,23H,10H2,1-2H3,(H,21,22). The van der Waals surface area contributed by atoms with Crippen LogP contribution in [0.5, 0.6) is 11.6 Å². The maximum Gasteiger partial charge on any atom is 0.353 e. The number of fused-ring (bicyclic) bond motifs is 3. The molecule has 0 amide bonds. The molecule has 27 heavy (non-hydrogen) atoms. The highest BCUT2D eigenvalue weighted by Gasteiger charge is 2.50. The first-order valence-corrected chi connectivity index (χ1v) is 8.49. The van der Waals surface area contributed by atoms with Crippen molar-refractivity contribution in [1.29, 1.82) is 0 Å². The molecule has 1 atom stereocenters. The van der Waals surface area contributed by atoms with Crippen LogP contribution in [0.25, 0.3) is 0 Å². The van der Waals surface area contributed by atoms with Crippen molar-refractivity contribution in [2.45, 2.75) is 12.9 Å². The number of nitrogens with zero attached hydrogens (tertiary/aromatic N) is 3. The maximum atomic E-state index is 5.88. The van der Waals surface area contributed by atoms with E-state index in [9.17, 15) is 0 Å². The Kier molecular flexibility index (Phi) is 3.37. The fourth-order valence-corrected chi connectivity index (χ4v) is 3.24. The summed E-state index contributed by atoms with van der Waals surface area (Å²) in [6.07, 6.45) is 1.77. The second-order valence-corrected chi connectivity index (χ2v) is 6.27. The normalized spacial score (nSPS) is 22.1. The van der Waals surface area contributed by atoms with Crippen LogP contribution in [0.1, 0.15) is 6.92 Å². The molecule has 0 aliphatic carbocycles. The van der Waals surface area contributed by atoms with E-state index in [2.05, 4.69) is 26.1 Å². The van der Waals surface area contributed by atoms with E-state index in [-0.39, 0.29) is 0 Å². The Hall–Kier alpha value is -3.46. The fourth-order valence-electron chi connectivity index (χ4n) is 3.24. The van der Waals surface area contributed by atoms with Crippen LogP contribution in [0.3, 0.4) is 0 Å². The van der Waals surface area contributed by atoms with Crippen molar-refractivity contribution in [3.63, 3.8) is 0 Å². The summed E-state index contributed by atoms with van der Waals surface area (Å²) in [6, 6.07) is 11.3. The lowest BCUT2D eigenvalue weighted by Crippen LogP contribution is -2.51. The maximum absolute atomic E-state index is 5.88. The molecule has 9 heteroatoms. The first kappa shape index (κ1) is 15.8. The highest BCUT2D eigenvalue weighted by Crippen LogP contribution is 2.41. The predicted molar refractivity (Wildman–Crippen MR) is 101 cm³/mol. The molecule has 1 fully saturated rings. The number of methoxy groups -OCH3 is 1. The number of pyridine rings is 1. The molecule has 5 rings (SSSR count). The Morgan fingerprint density at radius 2 is 2.22 bits per heavy atom. The molecule has 1 unspecified atom stereocenters. The molecule has 3 N–H and O–H groups in total. The number of ether oxygens (including phenoxy) is 2. The molecule has 1 aromatic carbocycles. The van der Waals surface area contributed by atoms with Gasteiger partial charge in [-0.3, -0.25) is 4.90 Å². The summed E-state index contributed by atoms with van der Waals surface area (Å²) in [6.45, 7) is 2.43. The molecule has 0 saturated carbocycles. The van der Waals surface area contributed by atoms with Crippen LogP contribution in [-0.2, 0) is 4.84 Å². The van der Waals surface area contributed by atoms with Gasteiger partial charge < -0.3 is 20.1 Å². The number of anilines is 3. The molecule has 0 radical (unpaired) electrons. The number of hydrogen-bond acceptors (Lipinski definition) is 9. The van der Waals surface area contributed by atoms with E-state index in [1.807, 2.05) is 42.2 Å². The van der Waals surface area contributed by atoms with E-state index in [4.69, 9.17) is 14.3 Å². The lowest BCUT2D eigenvalue weighted by atomic mass is 10.2. The first-order valence-electron chi connectivity index (χ1n) is 8.49. The van der Waals surface area contributed by atoms with Crippen molar-refractivity contribution in [1.82, 2.24) is 10.5 Å². The second-order valence-electron chi connectivity index (χ2n) is 6.27. The third kappa shape index (κ3) is 2.43. The molecule has 1 aromatic heterocycles. The highest BCUT2D eigenvalue weighted by molar-refractivity contribution is 5.84. The first-order chi connectivity index (χ1) is 13.2. The summed E-state index contributed by atoms with van der Waals surface area (Å²) in [4.78, 5) is 16.9. The van der Waals surface area contributed by atoms with Crippen molar-refractivity contribution in [2.75, 3.05) is 29.4 Å². The van der Waals surface area contributed by atoms with Crippen molar-refractivity contribution >= 4 is 23.4 Å². The summed E-state index contributed by atoms with van der Waals surface area (Å²) in [5.41, 5.74) is 5.75. The van der Waals surface area contributed by atoms with Gasteiger partial charge in [-0.2, -0.15) is 4.98 Å². The lowest BCUT2D eigenvalue weighted by molar-refractivity contribution is -0.0217. The van der Waals surface area contributed by atoms with Crippen molar-refractivity contribution in [3.05, 3.63) is 47.8 Å². The van der Waals surface area contributed by atoms with Gasteiger partial charge in [-0.15, -0.1) is 0 Å². The van der Waals surface area contributed by atoms with E-state index >= 15 is 0 Å². The molecular weight excluding hydrogens is 348 g/mol. The zero-order valence-corrected chi connectivity index (χ0v) is 14.8. The minimum Gasteiger partial charge on any atom is -0.481 e. The molecule has 3 aliphatic heterocycles. The van der Waals surface area contributed by atoms with E-state index in [1.165, 1.54) is 0 Å². The number of aromatic nitrogens is 1. The summed E-state index contributed by atoms with van der Waals surface area (Å²) in [7, 11) is 1.58. The van der Waals surface area contributed by atoms with Crippen LogP contribution in [0.4, 0.5) is 17.2 Å². The Morgan fingerprint density at radius 3 is 3.11 bits per heavy atom. The number of hydrogen-bond donors (Lipinski definition) is 3. The zero-order chi connectivity index (χ0) is 18.4. The predicted octanol–water partition coefficient (Wildman–Crippen LogP) is 2.23. The zero-order valence-electron chi connectivity index (χ0n) is 14.8. The quantitative estimate of drug-likeness (QED) is 0.759. The van der Waals surface area contributed by atoms with Crippen molar-refractivity contribution < 1.29 is 14.3 Å². The van der Waals surface area contributed by atoms with Gasteiger partial charge >= 0.3 is 5.97 Å². The van der Waals surface area contributed by atoms with Crippen LogP contribution >= 0.6 is 0 Å². The molecule has 1 saturated heterocycles. The number of allylic oxidation sites excluding steroid dienone is 1. The molecule has 3 aliphatic rings. The van der Waals surface area contributed by atoms with Crippen LogP contribution < -0.4 is 30.5 Å². The van der Waals surface area contributed by atoms with E-state index in [0.717, 1.165) is 28.5 Å². The molecule has 2 aromatic rings. The van der Waals surface area contributed by atoms with Gasteiger partial charge in [-0.25, -0.2) is 15.3 Å². The van der Waals surface area contributed by atoms with E-state index in [0.29, 0.717) is 18.4 Å². The number of nitrogens with one attached hydrogen (secondary N) is 3. The monoisotopic (exact) mass is 366 g/mol. The minimum absolute atomic E-state index is 0.463. The Morgan fingerprint density at radius 1 is 1.30 bits per heavy atom. The average molecular weight is 366 g/mol. The molecule has 138 valence electrons. The van der Waals surface area contributed by atoms with Gasteiger partial charge in [0.15, 0.2) is 6.73 Å². The largest absolute Gasteiger partial charge is 0.481 e. The Balaban J connectivity index is 1.56. The van der Waals surface area contributed by atoms with Crippen LogP contribution in [0.15, 0.2) is 52.8 Å². The van der Waals surface area contributed by atoms with Gasteiger partial charge in [0.25, 0.3) is 0 Å². The smallest absolute Gasteiger partial charge is 0.353 e. The number of rotatable bonds is 4. The summed E-state index contributed by atoms with van der Waals surface area (Å²) >= 11 is 0. The van der Waals surface area contributed by atoms with Gasteiger partial charge in [-0.1, -0.05) is 6.07 Å². The topological polar surface area (TPSA) is 92.3 Å². The van der Waals surface area contributed by atoms with E-state index < -0.39 is 5.97 Å². The van der Waals surface area contributed by atoms with Gasteiger partial charge in [0, 0.05) is 17.9 Å². The third-order valence-corrected chi connectivity index (χ3v) is 4.56. The fraction of sp³-hybridized carbons (Fsp3) is 0.222. The summed E-state index contributed by atoms with van der Waals surface area (Å²) in [5.74, 6) is 1.49. The summed E-state index contributed by atoms with van der Waals surface area (Å²) < 4.78 is 10.7. The number of hydroxylamine groups is 1. The molecule has 0 spiro atoms. The SMILES string of the molecule is COc1cccc(NC23N=CC(C)=C(NO2)N3c2ccc3c(c2)NCO3)n1. The third-order valence-electron chi connectivity index (χ3n) is 4.56. The highest BCUT2D eigenvalue weighted by atomic mass is 16.7. The number of aliphatic imine (C=N–C) groups is 1. The van der Waals surface area contributed by atoms with E-state index in [1.54, 1.807) is 19.4 Å².